The second kappa shape index (κ2) is 6.78. The van der Waals surface area contributed by atoms with Gasteiger partial charge in [-0.1, -0.05) is 5.21 Å². The summed E-state index contributed by atoms with van der Waals surface area (Å²) < 4.78 is 7.27. The lowest BCUT2D eigenvalue weighted by Crippen LogP contribution is -2.45. The van der Waals surface area contributed by atoms with Crippen LogP contribution in [0.4, 0.5) is 5.69 Å². The lowest BCUT2D eigenvalue weighted by atomic mass is 9.97. The normalized spacial score (nSPS) is 19.7. The molecule has 1 N–H and O–H groups in total. The average Bonchev–Trinajstić information content (AvgIpc) is 3.08. The quantitative estimate of drug-likeness (QED) is 0.888. The van der Waals surface area contributed by atoms with Crippen molar-refractivity contribution in [2.24, 2.45) is 7.05 Å². The molecule has 3 heterocycles. The van der Waals surface area contributed by atoms with Gasteiger partial charge in [-0.05, 0) is 37.5 Å². The van der Waals surface area contributed by atoms with Crippen molar-refractivity contribution in [1.82, 2.24) is 19.9 Å². The molecule has 0 saturated carbocycles. The molecule has 0 radical (unpaired) electrons. The van der Waals surface area contributed by atoms with Crippen molar-refractivity contribution in [3.8, 4) is 5.75 Å². The maximum absolute atomic E-state index is 13.0. The summed E-state index contributed by atoms with van der Waals surface area (Å²) in [6.07, 6.45) is 5.59. The topological polar surface area (TPSA) is 89.4 Å². The van der Waals surface area contributed by atoms with Crippen LogP contribution in [0.1, 0.15) is 46.5 Å². The number of ether oxygens (including phenoxy) is 1. The van der Waals surface area contributed by atoms with E-state index in [4.69, 9.17) is 4.74 Å². The third-order valence-corrected chi connectivity index (χ3v) is 4.90. The molecule has 1 fully saturated rings. The molecule has 136 valence electrons. The minimum atomic E-state index is -0.367. The van der Waals surface area contributed by atoms with Crippen LogP contribution in [0.15, 0.2) is 24.4 Å². The SMILES string of the molecule is Cn1cc(C(=O)Nc2ccc3c(c2)C(=O)N2CCCCC2CCO3)nn1. The van der Waals surface area contributed by atoms with Crippen molar-refractivity contribution in [1.29, 1.82) is 0 Å². The van der Waals surface area contributed by atoms with Gasteiger partial charge < -0.3 is 15.0 Å². The Bertz CT molecular complexity index is 847. The van der Waals surface area contributed by atoms with Crippen LogP contribution in [0.2, 0.25) is 0 Å². The van der Waals surface area contributed by atoms with Crippen molar-refractivity contribution in [3.05, 3.63) is 35.7 Å². The van der Waals surface area contributed by atoms with Gasteiger partial charge in [0.25, 0.3) is 11.8 Å². The van der Waals surface area contributed by atoms with Gasteiger partial charge in [0.1, 0.15) is 5.75 Å². The summed E-state index contributed by atoms with van der Waals surface area (Å²) in [5.41, 5.74) is 1.25. The fourth-order valence-corrected chi connectivity index (χ4v) is 3.57. The van der Waals surface area contributed by atoms with Crippen molar-refractivity contribution >= 4 is 17.5 Å². The minimum Gasteiger partial charge on any atom is -0.493 e. The molecular weight excluding hydrogens is 334 g/mol. The highest BCUT2D eigenvalue weighted by molar-refractivity contribution is 6.04. The van der Waals surface area contributed by atoms with Gasteiger partial charge in [-0.25, -0.2) is 0 Å². The molecule has 8 nitrogen and oxygen atoms in total. The standard InChI is InChI=1S/C18H21N5O3/c1-22-11-15(20-21-22)17(24)19-12-5-6-16-14(10-12)18(25)23-8-3-2-4-13(23)7-9-26-16/h5-6,10-11,13H,2-4,7-9H2,1H3,(H,19,24). The molecule has 2 aromatic rings. The molecule has 1 atom stereocenters. The van der Waals surface area contributed by atoms with Crippen LogP contribution in [0, 0.1) is 0 Å². The molecule has 2 amide bonds. The van der Waals surface area contributed by atoms with Gasteiger partial charge >= 0.3 is 0 Å². The second-order valence-electron chi connectivity index (χ2n) is 6.73. The Hall–Kier alpha value is -2.90. The molecule has 2 aliphatic heterocycles. The summed E-state index contributed by atoms with van der Waals surface area (Å²) in [5.74, 6) is 0.171. The van der Waals surface area contributed by atoms with Gasteiger partial charge in [-0.3, -0.25) is 14.3 Å². The number of hydrogen-bond acceptors (Lipinski definition) is 5. The van der Waals surface area contributed by atoms with E-state index in [0.717, 1.165) is 32.2 Å². The summed E-state index contributed by atoms with van der Waals surface area (Å²) in [6.45, 7) is 1.37. The number of nitrogens with one attached hydrogen (secondary N) is 1. The number of aryl methyl sites for hydroxylation is 1. The number of anilines is 1. The molecule has 26 heavy (non-hydrogen) atoms. The van der Waals surface area contributed by atoms with Crippen molar-refractivity contribution in [3.63, 3.8) is 0 Å². The Kier molecular flexibility index (Phi) is 4.32. The number of aromatic nitrogens is 3. The third kappa shape index (κ3) is 3.14. The van der Waals surface area contributed by atoms with E-state index in [-0.39, 0.29) is 23.6 Å². The lowest BCUT2D eigenvalue weighted by Gasteiger charge is -2.37. The summed E-state index contributed by atoms with van der Waals surface area (Å²) in [6, 6.07) is 5.39. The van der Waals surface area contributed by atoms with Gasteiger partial charge in [0.15, 0.2) is 5.69 Å². The Labute approximate surface area is 151 Å². The zero-order valence-corrected chi connectivity index (χ0v) is 14.6. The number of nitrogens with zero attached hydrogens (tertiary/aromatic N) is 4. The molecule has 1 aromatic carbocycles. The van der Waals surface area contributed by atoms with Crippen molar-refractivity contribution < 1.29 is 14.3 Å². The number of piperidine rings is 1. The van der Waals surface area contributed by atoms with Gasteiger partial charge in [0.05, 0.1) is 18.4 Å². The van der Waals surface area contributed by atoms with Crippen LogP contribution in [0.25, 0.3) is 0 Å². The number of fused-ring (bicyclic) bond motifs is 2. The Morgan fingerprint density at radius 2 is 2.19 bits per heavy atom. The first kappa shape index (κ1) is 16.6. The zero-order chi connectivity index (χ0) is 18.1. The molecule has 1 unspecified atom stereocenters. The molecule has 0 aliphatic carbocycles. The van der Waals surface area contributed by atoms with E-state index >= 15 is 0 Å². The average molecular weight is 355 g/mol. The van der Waals surface area contributed by atoms with E-state index in [1.165, 1.54) is 10.9 Å². The first-order valence-electron chi connectivity index (χ1n) is 8.87. The van der Waals surface area contributed by atoms with E-state index in [1.54, 1.807) is 25.2 Å². The second-order valence-corrected chi connectivity index (χ2v) is 6.73. The molecule has 0 spiro atoms. The van der Waals surface area contributed by atoms with E-state index in [0.29, 0.717) is 23.6 Å². The first-order valence-corrected chi connectivity index (χ1v) is 8.87. The molecular formula is C18H21N5O3. The van der Waals surface area contributed by atoms with Crippen LogP contribution in [0.3, 0.4) is 0 Å². The Morgan fingerprint density at radius 3 is 3.00 bits per heavy atom. The molecule has 0 bridgehead atoms. The smallest absolute Gasteiger partial charge is 0.277 e. The van der Waals surface area contributed by atoms with Crippen LogP contribution in [-0.2, 0) is 7.05 Å². The fraction of sp³-hybridized carbons (Fsp3) is 0.444. The molecule has 1 saturated heterocycles. The van der Waals surface area contributed by atoms with Gasteiger partial charge in [-0.15, -0.1) is 5.10 Å². The van der Waals surface area contributed by atoms with Gasteiger partial charge in [-0.2, -0.15) is 0 Å². The first-order chi connectivity index (χ1) is 12.6. The van der Waals surface area contributed by atoms with E-state index in [9.17, 15) is 9.59 Å². The van der Waals surface area contributed by atoms with Crippen LogP contribution in [0.5, 0.6) is 5.75 Å². The molecule has 4 rings (SSSR count). The number of benzene rings is 1. The molecule has 1 aromatic heterocycles. The number of carbonyl (C=O) groups excluding carboxylic acids is 2. The highest BCUT2D eigenvalue weighted by atomic mass is 16.5. The number of rotatable bonds is 2. The highest BCUT2D eigenvalue weighted by Crippen LogP contribution is 2.30. The summed E-state index contributed by atoms with van der Waals surface area (Å²) in [7, 11) is 1.69. The lowest BCUT2D eigenvalue weighted by molar-refractivity contribution is 0.0548. The summed E-state index contributed by atoms with van der Waals surface area (Å²) >= 11 is 0. The maximum atomic E-state index is 13.0. The monoisotopic (exact) mass is 355 g/mol. The van der Waals surface area contributed by atoms with Crippen molar-refractivity contribution in [2.75, 3.05) is 18.5 Å². The Morgan fingerprint density at radius 1 is 1.31 bits per heavy atom. The number of hydrogen-bond donors (Lipinski definition) is 1. The number of amides is 2. The summed E-state index contributed by atoms with van der Waals surface area (Å²) in [5, 5.41) is 10.3. The third-order valence-electron chi connectivity index (χ3n) is 4.90. The van der Waals surface area contributed by atoms with E-state index in [1.807, 2.05) is 4.90 Å². The fourth-order valence-electron chi connectivity index (χ4n) is 3.57. The summed E-state index contributed by atoms with van der Waals surface area (Å²) in [4.78, 5) is 27.3. The van der Waals surface area contributed by atoms with Gasteiger partial charge in [0, 0.05) is 31.7 Å². The van der Waals surface area contributed by atoms with E-state index < -0.39 is 0 Å². The molecule has 2 aliphatic rings. The highest BCUT2D eigenvalue weighted by Gasteiger charge is 2.31. The van der Waals surface area contributed by atoms with E-state index in [2.05, 4.69) is 15.6 Å². The zero-order valence-electron chi connectivity index (χ0n) is 14.6. The van der Waals surface area contributed by atoms with Gasteiger partial charge in [0.2, 0.25) is 0 Å². The van der Waals surface area contributed by atoms with Crippen LogP contribution < -0.4 is 10.1 Å². The maximum Gasteiger partial charge on any atom is 0.277 e. The predicted molar refractivity (Wildman–Crippen MR) is 94.2 cm³/mol. The number of carbonyl (C=O) groups is 2. The minimum absolute atomic E-state index is 0.0278. The largest absolute Gasteiger partial charge is 0.493 e. The molecule has 8 heteroatoms. The van der Waals surface area contributed by atoms with Crippen molar-refractivity contribution in [2.45, 2.75) is 31.7 Å². The Balaban J connectivity index is 1.60. The van der Waals surface area contributed by atoms with Crippen LogP contribution >= 0.6 is 0 Å². The predicted octanol–water partition coefficient (Wildman–Crippen LogP) is 1.84. The van der Waals surface area contributed by atoms with Crippen LogP contribution in [-0.4, -0.2) is 50.9 Å².